The second-order valence-corrected chi connectivity index (χ2v) is 10.4. The van der Waals surface area contributed by atoms with Gasteiger partial charge in [-0.3, -0.25) is 4.79 Å². The fraction of sp³-hybridized carbons (Fsp3) is 0.679. The molecular weight excluding hydrogens is 440 g/mol. The summed E-state index contributed by atoms with van der Waals surface area (Å²) in [5.74, 6) is 0.910. The molecule has 2 aliphatic carbocycles. The standard InChI is InChI=1S/C28H42N4O3/c1-4-6-7-8-19(3)30-28-29-18-26-24(20-9-11-22(12-10-20)27(34)35-5-2)17-25(32(26)31-28)21-13-15-23(33)16-14-21/h9,17-19,21-23,33H,4-8,10-16H2,1-3H3,(H,30,31). The van der Waals surface area contributed by atoms with Crippen LogP contribution in [-0.2, 0) is 9.53 Å². The van der Waals surface area contributed by atoms with Crippen molar-refractivity contribution in [2.75, 3.05) is 11.9 Å². The second kappa shape index (κ2) is 12.0. The maximum atomic E-state index is 12.2. The van der Waals surface area contributed by atoms with Crippen molar-refractivity contribution in [3.8, 4) is 0 Å². The lowest BCUT2D eigenvalue weighted by atomic mass is 9.84. The molecule has 35 heavy (non-hydrogen) atoms. The maximum absolute atomic E-state index is 12.2. The third-order valence-corrected chi connectivity index (χ3v) is 7.65. The highest BCUT2D eigenvalue weighted by Gasteiger charge is 2.28. The first kappa shape index (κ1) is 25.7. The third kappa shape index (κ3) is 6.24. The van der Waals surface area contributed by atoms with E-state index in [1.54, 1.807) is 0 Å². The van der Waals surface area contributed by atoms with Gasteiger partial charge in [-0.05, 0) is 76.9 Å². The normalized spacial score (nSPS) is 23.7. The van der Waals surface area contributed by atoms with Crippen molar-refractivity contribution in [3.63, 3.8) is 0 Å². The van der Waals surface area contributed by atoms with Crippen molar-refractivity contribution in [2.45, 2.75) is 109 Å². The molecule has 0 saturated heterocycles. The zero-order valence-corrected chi connectivity index (χ0v) is 21.6. The van der Waals surface area contributed by atoms with E-state index in [0.29, 0.717) is 30.9 Å². The van der Waals surface area contributed by atoms with Crippen LogP contribution in [0.3, 0.4) is 0 Å². The largest absolute Gasteiger partial charge is 0.466 e. The molecule has 2 aromatic heterocycles. The minimum Gasteiger partial charge on any atom is -0.466 e. The first-order valence-electron chi connectivity index (χ1n) is 13.7. The Morgan fingerprint density at radius 2 is 2.03 bits per heavy atom. The minimum absolute atomic E-state index is 0.0480. The van der Waals surface area contributed by atoms with E-state index in [1.807, 2.05) is 13.1 Å². The van der Waals surface area contributed by atoms with E-state index in [1.165, 1.54) is 36.1 Å². The number of rotatable bonds is 10. The van der Waals surface area contributed by atoms with Crippen LogP contribution in [0.25, 0.3) is 11.1 Å². The summed E-state index contributed by atoms with van der Waals surface area (Å²) in [6.45, 7) is 6.71. The van der Waals surface area contributed by atoms with Gasteiger partial charge in [0.2, 0.25) is 5.95 Å². The Kier molecular flexibility index (Phi) is 8.82. The van der Waals surface area contributed by atoms with Crippen molar-refractivity contribution < 1.29 is 14.6 Å². The molecule has 0 radical (unpaired) electrons. The molecule has 0 aliphatic heterocycles. The number of carbonyl (C=O) groups excluding carboxylic acids is 1. The smallest absolute Gasteiger partial charge is 0.309 e. The number of hydrogen-bond acceptors (Lipinski definition) is 6. The molecule has 2 unspecified atom stereocenters. The van der Waals surface area contributed by atoms with Gasteiger partial charge < -0.3 is 15.2 Å². The van der Waals surface area contributed by atoms with Gasteiger partial charge in [0.15, 0.2) is 0 Å². The van der Waals surface area contributed by atoms with Crippen LogP contribution in [0, 0.1) is 5.92 Å². The second-order valence-electron chi connectivity index (χ2n) is 10.4. The number of hydrogen-bond donors (Lipinski definition) is 2. The number of unbranched alkanes of at least 4 members (excludes halogenated alkanes) is 2. The van der Waals surface area contributed by atoms with Crippen LogP contribution in [0.15, 0.2) is 18.3 Å². The van der Waals surface area contributed by atoms with Gasteiger partial charge in [0.25, 0.3) is 0 Å². The Labute approximate surface area is 209 Å². The number of allylic oxidation sites excluding steroid dienone is 2. The molecule has 0 aromatic carbocycles. The lowest BCUT2D eigenvalue weighted by Crippen LogP contribution is -2.20. The highest BCUT2D eigenvalue weighted by atomic mass is 16.5. The number of nitrogens with one attached hydrogen (secondary N) is 1. The molecule has 2 aromatic rings. The number of aromatic nitrogens is 3. The zero-order valence-electron chi connectivity index (χ0n) is 21.6. The first-order chi connectivity index (χ1) is 17.0. The average Bonchev–Trinajstić information content (AvgIpc) is 3.24. The van der Waals surface area contributed by atoms with Gasteiger partial charge in [-0.15, -0.1) is 5.10 Å². The van der Waals surface area contributed by atoms with Crippen LogP contribution in [0.1, 0.15) is 109 Å². The summed E-state index contributed by atoms with van der Waals surface area (Å²) in [6.07, 6.45) is 14.7. The summed E-state index contributed by atoms with van der Waals surface area (Å²) in [5, 5.41) is 18.5. The summed E-state index contributed by atoms with van der Waals surface area (Å²) in [7, 11) is 0. The summed E-state index contributed by atoms with van der Waals surface area (Å²) in [6, 6.07) is 2.61. The van der Waals surface area contributed by atoms with E-state index in [4.69, 9.17) is 9.84 Å². The van der Waals surface area contributed by atoms with Gasteiger partial charge in [0.1, 0.15) is 0 Å². The van der Waals surface area contributed by atoms with Crippen LogP contribution in [0.2, 0.25) is 0 Å². The molecular formula is C28H42N4O3. The van der Waals surface area contributed by atoms with E-state index in [2.05, 4.69) is 40.8 Å². The van der Waals surface area contributed by atoms with E-state index in [9.17, 15) is 9.90 Å². The van der Waals surface area contributed by atoms with Crippen molar-refractivity contribution in [3.05, 3.63) is 29.6 Å². The van der Waals surface area contributed by atoms with Gasteiger partial charge in [0.05, 0.1) is 30.3 Å². The van der Waals surface area contributed by atoms with Crippen molar-refractivity contribution >= 4 is 23.0 Å². The quantitative estimate of drug-likeness (QED) is 0.325. The first-order valence-corrected chi connectivity index (χ1v) is 13.7. The average molecular weight is 483 g/mol. The number of anilines is 1. The molecule has 2 N–H and O–H groups in total. The van der Waals surface area contributed by atoms with E-state index < -0.39 is 0 Å². The molecule has 1 fully saturated rings. The molecule has 4 rings (SSSR count). The van der Waals surface area contributed by atoms with E-state index in [-0.39, 0.29) is 18.0 Å². The molecule has 192 valence electrons. The highest BCUT2D eigenvalue weighted by molar-refractivity contribution is 5.81. The number of fused-ring (bicyclic) bond motifs is 1. The Morgan fingerprint density at radius 3 is 2.71 bits per heavy atom. The van der Waals surface area contributed by atoms with Crippen molar-refractivity contribution in [1.82, 2.24) is 14.6 Å². The Balaban J connectivity index is 1.61. The third-order valence-electron chi connectivity index (χ3n) is 7.65. The summed E-state index contributed by atoms with van der Waals surface area (Å²) in [5.41, 5.74) is 4.67. The Bertz CT molecular complexity index is 1020. The minimum atomic E-state index is -0.186. The summed E-state index contributed by atoms with van der Waals surface area (Å²) in [4.78, 5) is 16.9. The molecule has 0 bridgehead atoms. The maximum Gasteiger partial charge on any atom is 0.309 e. The number of aliphatic hydroxyl groups is 1. The van der Waals surface area contributed by atoms with Crippen molar-refractivity contribution in [1.29, 1.82) is 0 Å². The Morgan fingerprint density at radius 1 is 1.23 bits per heavy atom. The monoisotopic (exact) mass is 482 g/mol. The molecule has 7 heteroatoms. The van der Waals surface area contributed by atoms with Crippen LogP contribution in [-0.4, -0.2) is 44.4 Å². The lowest BCUT2D eigenvalue weighted by Gasteiger charge is -2.25. The van der Waals surface area contributed by atoms with Crippen LogP contribution >= 0.6 is 0 Å². The number of ether oxygens (including phenoxy) is 1. The summed E-state index contributed by atoms with van der Waals surface area (Å²) < 4.78 is 7.33. The zero-order chi connectivity index (χ0) is 24.8. The number of esters is 1. The lowest BCUT2D eigenvalue weighted by molar-refractivity contribution is -0.148. The molecule has 2 atom stereocenters. The van der Waals surface area contributed by atoms with E-state index >= 15 is 0 Å². The molecule has 0 amide bonds. The van der Waals surface area contributed by atoms with E-state index in [0.717, 1.165) is 50.5 Å². The number of aliphatic hydroxyl groups excluding tert-OH is 1. The topological polar surface area (TPSA) is 88.8 Å². The number of carbonyl (C=O) groups is 1. The molecule has 2 heterocycles. The van der Waals surface area contributed by atoms with Gasteiger partial charge in [0, 0.05) is 23.2 Å². The van der Waals surface area contributed by atoms with Gasteiger partial charge in [-0.2, -0.15) is 0 Å². The Hall–Kier alpha value is -2.41. The van der Waals surface area contributed by atoms with Gasteiger partial charge in [-0.1, -0.05) is 32.3 Å². The van der Waals surface area contributed by atoms with Gasteiger partial charge in [-0.25, -0.2) is 9.50 Å². The predicted octanol–water partition coefficient (Wildman–Crippen LogP) is 5.88. The molecule has 0 spiro atoms. The molecule has 1 saturated carbocycles. The number of nitrogens with zero attached hydrogens (tertiary/aromatic N) is 3. The van der Waals surface area contributed by atoms with Crippen LogP contribution < -0.4 is 5.32 Å². The van der Waals surface area contributed by atoms with Crippen molar-refractivity contribution in [2.24, 2.45) is 5.92 Å². The highest BCUT2D eigenvalue weighted by Crippen LogP contribution is 2.39. The fourth-order valence-corrected chi connectivity index (χ4v) is 5.55. The SMILES string of the molecule is CCCCCC(C)Nc1ncc2c(C3=CCC(C(=O)OCC)CC3)cc(C3CCC(O)CC3)n2n1. The van der Waals surface area contributed by atoms with Gasteiger partial charge >= 0.3 is 5.97 Å². The fourth-order valence-electron chi connectivity index (χ4n) is 5.55. The molecule has 7 nitrogen and oxygen atoms in total. The molecule has 2 aliphatic rings. The summed E-state index contributed by atoms with van der Waals surface area (Å²) >= 11 is 0. The van der Waals surface area contributed by atoms with Crippen LogP contribution in [0.5, 0.6) is 0 Å². The van der Waals surface area contributed by atoms with Crippen LogP contribution in [0.4, 0.5) is 5.95 Å². The predicted molar refractivity (Wildman–Crippen MR) is 139 cm³/mol.